The van der Waals surface area contributed by atoms with E-state index in [4.69, 9.17) is 0 Å². The Morgan fingerprint density at radius 2 is 0.767 bits per heavy atom. The predicted molar refractivity (Wildman–Crippen MR) is 114 cm³/mol. The summed E-state index contributed by atoms with van der Waals surface area (Å²) in [7, 11) is 0. The van der Waals surface area contributed by atoms with Crippen molar-refractivity contribution in [1.82, 2.24) is 0 Å². The van der Waals surface area contributed by atoms with Crippen LogP contribution in [-0.2, 0) is 0 Å². The van der Waals surface area contributed by atoms with Gasteiger partial charge in [0, 0.05) is 51.6 Å². The first-order chi connectivity index (χ1) is 14.4. The Bertz CT molecular complexity index is 1040. The summed E-state index contributed by atoms with van der Waals surface area (Å²) < 4.78 is 2.43. The molecule has 0 saturated heterocycles. The lowest BCUT2D eigenvalue weighted by molar-refractivity contribution is -0.594. The van der Waals surface area contributed by atoms with Gasteiger partial charge in [-0.15, -0.1) is 0 Å². The molecule has 4 rings (SSSR count). The monoisotopic (exact) mass is 399 g/mol. The van der Waals surface area contributed by atoms with Gasteiger partial charge in [0.2, 0.25) is 17.1 Å². The van der Waals surface area contributed by atoms with Gasteiger partial charge in [0.25, 0.3) is 0 Å². The number of nitrogens with zero attached hydrogens (tertiary/aromatic N) is 3. The second-order valence-corrected chi connectivity index (χ2v) is 7.40. The quantitative estimate of drug-likeness (QED) is 0.390. The topological polar surface area (TPSA) is 80.8 Å². The molecular formula is C24H21N3O3. The van der Waals surface area contributed by atoms with Crippen molar-refractivity contribution in [3.8, 4) is 33.8 Å². The number of aryl methyl sites for hydroxylation is 3. The van der Waals surface area contributed by atoms with Crippen molar-refractivity contribution in [2.45, 2.75) is 20.8 Å². The van der Waals surface area contributed by atoms with Crippen LogP contribution in [0.15, 0.2) is 73.2 Å². The van der Waals surface area contributed by atoms with Gasteiger partial charge in [0.05, 0.1) is 0 Å². The van der Waals surface area contributed by atoms with Gasteiger partial charge >= 0.3 is 0 Å². The smallest absolute Gasteiger partial charge is 0.226 e. The molecule has 0 aliphatic rings. The molecule has 30 heavy (non-hydrogen) atoms. The van der Waals surface area contributed by atoms with E-state index < -0.39 is 0 Å². The minimum atomic E-state index is 0.484. The molecule has 150 valence electrons. The van der Waals surface area contributed by atoms with Crippen LogP contribution in [0.5, 0.6) is 0 Å². The molecule has 0 unspecified atom stereocenters. The lowest BCUT2D eigenvalue weighted by Gasteiger charge is -2.13. The molecule has 3 aromatic heterocycles. The van der Waals surface area contributed by atoms with Crippen LogP contribution in [0.4, 0.5) is 0 Å². The molecule has 0 fully saturated rings. The Hall–Kier alpha value is -3.93. The zero-order chi connectivity index (χ0) is 21.4. The minimum absolute atomic E-state index is 0.484. The Balaban J connectivity index is 2.08. The third kappa shape index (κ3) is 3.33. The number of pyridine rings is 3. The van der Waals surface area contributed by atoms with Crippen molar-refractivity contribution in [2.75, 3.05) is 0 Å². The van der Waals surface area contributed by atoms with Crippen molar-refractivity contribution in [2.24, 2.45) is 0 Å². The summed E-state index contributed by atoms with van der Waals surface area (Å²) in [5.41, 5.74) is 5.78. The molecule has 0 bridgehead atoms. The van der Waals surface area contributed by atoms with E-state index in [9.17, 15) is 15.6 Å². The summed E-state index contributed by atoms with van der Waals surface area (Å²) in [5.74, 6) is 0. The van der Waals surface area contributed by atoms with Crippen LogP contribution in [0.2, 0.25) is 0 Å². The van der Waals surface area contributed by atoms with Crippen molar-refractivity contribution in [1.29, 1.82) is 0 Å². The Labute approximate surface area is 174 Å². The van der Waals surface area contributed by atoms with Crippen LogP contribution in [0.1, 0.15) is 16.7 Å². The lowest BCUT2D eigenvalue weighted by atomic mass is 9.95. The van der Waals surface area contributed by atoms with E-state index in [0.717, 1.165) is 30.9 Å². The van der Waals surface area contributed by atoms with Gasteiger partial charge in [-0.25, -0.2) is 0 Å². The number of benzene rings is 1. The van der Waals surface area contributed by atoms with Crippen molar-refractivity contribution < 1.29 is 14.2 Å². The average molecular weight is 399 g/mol. The summed E-state index contributed by atoms with van der Waals surface area (Å²) >= 11 is 0. The van der Waals surface area contributed by atoms with E-state index in [1.807, 2.05) is 57.2 Å². The van der Waals surface area contributed by atoms with E-state index in [1.54, 1.807) is 18.2 Å². The SMILES string of the molecule is Cc1ccc[n+]([O-])c1-c1cc(-c2c(C)ccc[n+]2[O-])cc(-c2c(C)ccc[n+]2[O-])c1. The van der Waals surface area contributed by atoms with Gasteiger partial charge in [0.1, 0.15) is 0 Å². The number of rotatable bonds is 3. The Morgan fingerprint density at radius 3 is 1.00 bits per heavy atom. The Kier molecular flexibility index (Phi) is 4.83. The first kappa shape index (κ1) is 19.4. The molecular weight excluding hydrogens is 378 g/mol. The third-order valence-corrected chi connectivity index (χ3v) is 5.24. The van der Waals surface area contributed by atoms with Crippen molar-refractivity contribution in [3.05, 3.63) is 105 Å². The van der Waals surface area contributed by atoms with Gasteiger partial charge in [0.15, 0.2) is 18.6 Å². The van der Waals surface area contributed by atoms with Gasteiger partial charge in [-0.2, -0.15) is 14.2 Å². The predicted octanol–water partition coefficient (Wildman–Crippen LogP) is 3.51. The molecule has 0 atom stereocenters. The Morgan fingerprint density at radius 1 is 0.500 bits per heavy atom. The first-order valence-corrected chi connectivity index (χ1v) is 9.59. The average Bonchev–Trinajstić information content (AvgIpc) is 2.67. The van der Waals surface area contributed by atoms with Crippen LogP contribution in [0.25, 0.3) is 33.8 Å². The highest BCUT2D eigenvalue weighted by Crippen LogP contribution is 2.32. The molecule has 1 aromatic carbocycles. The van der Waals surface area contributed by atoms with Crippen molar-refractivity contribution in [3.63, 3.8) is 0 Å². The molecule has 4 aromatic rings. The maximum atomic E-state index is 12.6. The van der Waals surface area contributed by atoms with E-state index >= 15 is 0 Å². The first-order valence-electron chi connectivity index (χ1n) is 9.59. The normalized spacial score (nSPS) is 10.9. The largest absolute Gasteiger partial charge is 0.618 e. The van der Waals surface area contributed by atoms with Crippen LogP contribution < -0.4 is 14.2 Å². The maximum Gasteiger partial charge on any atom is 0.226 e. The number of hydrogen-bond donors (Lipinski definition) is 0. The van der Waals surface area contributed by atoms with E-state index in [-0.39, 0.29) is 0 Å². The van der Waals surface area contributed by atoms with Crippen LogP contribution >= 0.6 is 0 Å². The molecule has 0 saturated carbocycles. The van der Waals surface area contributed by atoms with Gasteiger partial charge in [-0.05, 0) is 57.2 Å². The highest BCUT2D eigenvalue weighted by Gasteiger charge is 2.22. The summed E-state index contributed by atoms with van der Waals surface area (Å²) in [6, 6.07) is 16.1. The molecule has 6 heteroatoms. The zero-order valence-electron chi connectivity index (χ0n) is 17.0. The fourth-order valence-corrected chi connectivity index (χ4v) is 3.88. The standard InChI is InChI=1S/C24H21N3O3/c1-16-7-4-10-25(28)22(16)19-13-20(23-17(2)8-5-11-26(23)29)15-21(14-19)24-18(3)9-6-12-27(24)30/h4-15H,1-3H3. The number of aromatic nitrogens is 3. The molecule has 0 aliphatic carbocycles. The summed E-state index contributed by atoms with van der Waals surface area (Å²) in [6.45, 7) is 5.58. The molecule has 0 aliphatic heterocycles. The van der Waals surface area contributed by atoms with E-state index in [0.29, 0.717) is 33.8 Å². The molecule has 0 spiro atoms. The van der Waals surface area contributed by atoms with Gasteiger partial charge < -0.3 is 15.6 Å². The third-order valence-electron chi connectivity index (χ3n) is 5.24. The molecule has 0 N–H and O–H groups in total. The maximum absolute atomic E-state index is 12.6. The van der Waals surface area contributed by atoms with Gasteiger partial charge in [-0.3, -0.25) is 0 Å². The van der Waals surface area contributed by atoms with Crippen LogP contribution in [0, 0.1) is 36.4 Å². The molecule has 6 nitrogen and oxygen atoms in total. The van der Waals surface area contributed by atoms with E-state index in [1.165, 1.54) is 18.6 Å². The summed E-state index contributed by atoms with van der Waals surface area (Å²) in [6.07, 6.45) is 4.33. The van der Waals surface area contributed by atoms with Gasteiger partial charge in [-0.1, -0.05) is 0 Å². The fraction of sp³-hybridized carbons (Fsp3) is 0.125. The van der Waals surface area contributed by atoms with Crippen LogP contribution in [0.3, 0.4) is 0 Å². The second-order valence-electron chi connectivity index (χ2n) is 7.40. The van der Waals surface area contributed by atoms with Crippen LogP contribution in [-0.4, -0.2) is 0 Å². The summed E-state index contributed by atoms with van der Waals surface area (Å²) in [5, 5.41) is 37.8. The highest BCUT2D eigenvalue weighted by molar-refractivity contribution is 5.78. The molecule has 3 heterocycles. The molecule has 0 radical (unpaired) electrons. The zero-order valence-corrected chi connectivity index (χ0v) is 17.0. The summed E-state index contributed by atoms with van der Waals surface area (Å²) in [4.78, 5) is 0. The lowest BCUT2D eigenvalue weighted by Crippen LogP contribution is -2.31. The van der Waals surface area contributed by atoms with E-state index in [2.05, 4.69) is 0 Å². The number of hydrogen-bond acceptors (Lipinski definition) is 3. The fourth-order valence-electron chi connectivity index (χ4n) is 3.88. The minimum Gasteiger partial charge on any atom is -0.618 e. The van der Waals surface area contributed by atoms with Crippen molar-refractivity contribution >= 4 is 0 Å². The molecule has 0 amide bonds. The highest BCUT2D eigenvalue weighted by atomic mass is 16.5. The second kappa shape index (κ2) is 7.48.